The van der Waals surface area contributed by atoms with Gasteiger partial charge in [0.1, 0.15) is 17.7 Å². The van der Waals surface area contributed by atoms with Crippen molar-refractivity contribution in [2.45, 2.75) is 0 Å². The predicted molar refractivity (Wildman–Crippen MR) is 133 cm³/mol. The fourth-order valence-corrected chi connectivity index (χ4v) is 4.24. The number of para-hydroxylation sites is 1. The van der Waals surface area contributed by atoms with E-state index in [1.807, 2.05) is 30.3 Å². The number of benzene rings is 3. The number of aromatic nitrogens is 1. The monoisotopic (exact) mass is 469 g/mol. The average molecular weight is 469 g/mol. The van der Waals surface area contributed by atoms with E-state index in [0.29, 0.717) is 21.2 Å². The SMILES string of the molecule is O=C(/C=C/c1ccccc1)N(/N=C/c1coc2ccccc2c1=O)c1nc2ccc(F)cc2s1. The molecule has 8 heteroatoms. The lowest BCUT2D eigenvalue weighted by Crippen LogP contribution is -2.24. The summed E-state index contributed by atoms with van der Waals surface area (Å²) in [4.78, 5) is 30.3. The standard InChI is InChI=1S/C26H16FN3O3S/c27-19-11-12-21-23(14-19)34-26(29-21)30(24(31)13-10-17-6-2-1-3-7-17)28-15-18-16-33-22-9-5-4-8-20(22)25(18)32/h1-16H/b13-10+,28-15+. The summed E-state index contributed by atoms with van der Waals surface area (Å²) < 4.78 is 19.8. The molecule has 6 nitrogen and oxygen atoms in total. The number of hydrogen-bond donors (Lipinski definition) is 0. The number of hydrazone groups is 1. The van der Waals surface area contributed by atoms with Crippen molar-refractivity contribution in [3.63, 3.8) is 0 Å². The van der Waals surface area contributed by atoms with Crippen molar-refractivity contribution >= 4 is 55.9 Å². The quantitative estimate of drug-likeness (QED) is 0.190. The molecule has 3 aromatic carbocycles. The Morgan fingerprint density at radius 3 is 2.71 bits per heavy atom. The molecule has 1 amide bonds. The van der Waals surface area contributed by atoms with Crippen molar-refractivity contribution in [3.8, 4) is 0 Å². The zero-order chi connectivity index (χ0) is 23.5. The van der Waals surface area contributed by atoms with Crippen LogP contribution in [0.25, 0.3) is 27.3 Å². The zero-order valence-corrected chi connectivity index (χ0v) is 18.4. The van der Waals surface area contributed by atoms with Gasteiger partial charge in [0.25, 0.3) is 5.91 Å². The molecular weight excluding hydrogens is 453 g/mol. The van der Waals surface area contributed by atoms with E-state index in [2.05, 4.69) is 10.1 Å². The van der Waals surface area contributed by atoms with Gasteiger partial charge >= 0.3 is 0 Å². The molecule has 0 N–H and O–H groups in total. The summed E-state index contributed by atoms with van der Waals surface area (Å²) in [5.74, 6) is -0.883. The lowest BCUT2D eigenvalue weighted by Gasteiger charge is -2.11. The van der Waals surface area contributed by atoms with E-state index >= 15 is 0 Å². The maximum absolute atomic E-state index is 13.7. The van der Waals surface area contributed by atoms with Gasteiger partial charge in [-0.3, -0.25) is 9.59 Å². The normalized spacial score (nSPS) is 11.7. The second kappa shape index (κ2) is 9.21. The van der Waals surface area contributed by atoms with Gasteiger partial charge in [-0.15, -0.1) is 0 Å². The zero-order valence-electron chi connectivity index (χ0n) is 17.6. The molecule has 0 bridgehead atoms. The van der Waals surface area contributed by atoms with E-state index in [4.69, 9.17) is 4.42 Å². The van der Waals surface area contributed by atoms with E-state index in [9.17, 15) is 14.0 Å². The highest BCUT2D eigenvalue weighted by molar-refractivity contribution is 7.22. The Kier molecular flexibility index (Phi) is 5.80. The Hall–Kier alpha value is -4.43. The summed E-state index contributed by atoms with van der Waals surface area (Å²) in [6.07, 6.45) is 5.58. The number of nitrogens with zero attached hydrogens (tertiary/aromatic N) is 3. The van der Waals surface area contributed by atoms with E-state index in [1.54, 1.807) is 30.3 Å². The van der Waals surface area contributed by atoms with Crippen LogP contribution in [0, 0.1) is 5.82 Å². The second-order valence-electron chi connectivity index (χ2n) is 7.26. The maximum Gasteiger partial charge on any atom is 0.273 e. The molecule has 0 radical (unpaired) electrons. The van der Waals surface area contributed by atoms with Gasteiger partial charge in [-0.2, -0.15) is 10.1 Å². The van der Waals surface area contributed by atoms with Crippen LogP contribution in [-0.4, -0.2) is 17.1 Å². The van der Waals surface area contributed by atoms with Crippen molar-refractivity contribution < 1.29 is 13.6 Å². The first kappa shape index (κ1) is 21.4. The van der Waals surface area contributed by atoms with Crippen molar-refractivity contribution in [1.82, 2.24) is 4.98 Å². The number of rotatable bonds is 5. The summed E-state index contributed by atoms with van der Waals surface area (Å²) in [6, 6.07) is 20.4. The lowest BCUT2D eigenvalue weighted by molar-refractivity contribution is -0.114. The van der Waals surface area contributed by atoms with Crippen LogP contribution in [0.2, 0.25) is 0 Å². The molecule has 0 saturated carbocycles. The van der Waals surface area contributed by atoms with Crippen LogP contribution in [0.5, 0.6) is 0 Å². The Bertz CT molecular complexity index is 1620. The first-order valence-corrected chi connectivity index (χ1v) is 11.1. The average Bonchev–Trinajstić information content (AvgIpc) is 3.27. The third kappa shape index (κ3) is 4.39. The molecule has 0 aliphatic carbocycles. The third-order valence-electron chi connectivity index (χ3n) is 4.97. The lowest BCUT2D eigenvalue weighted by atomic mass is 10.2. The minimum absolute atomic E-state index is 0.177. The van der Waals surface area contributed by atoms with E-state index in [-0.39, 0.29) is 16.1 Å². The van der Waals surface area contributed by atoms with E-state index in [1.165, 1.54) is 36.8 Å². The molecule has 5 aromatic rings. The van der Waals surface area contributed by atoms with Crippen LogP contribution in [0.3, 0.4) is 0 Å². The number of carbonyl (C=O) groups excluding carboxylic acids is 1. The van der Waals surface area contributed by atoms with Crippen LogP contribution in [0.4, 0.5) is 9.52 Å². The van der Waals surface area contributed by atoms with Crippen LogP contribution < -0.4 is 10.4 Å². The third-order valence-corrected chi connectivity index (χ3v) is 5.96. The summed E-state index contributed by atoms with van der Waals surface area (Å²) in [7, 11) is 0. The fraction of sp³-hybridized carbons (Fsp3) is 0. The smallest absolute Gasteiger partial charge is 0.273 e. The van der Waals surface area contributed by atoms with Crippen LogP contribution in [0.15, 0.2) is 99.4 Å². The molecule has 0 aliphatic rings. The summed E-state index contributed by atoms with van der Waals surface area (Å²) in [6.45, 7) is 0. The topological polar surface area (TPSA) is 75.8 Å². The predicted octanol–water partition coefficient (Wildman–Crippen LogP) is 5.62. The Labute approximate surface area is 196 Å². The van der Waals surface area contributed by atoms with Gasteiger partial charge in [0.05, 0.1) is 27.4 Å². The van der Waals surface area contributed by atoms with Crippen molar-refractivity contribution in [2.75, 3.05) is 5.01 Å². The Balaban J connectivity index is 1.54. The molecule has 0 atom stereocenters. The van der Waals surface area contributed by atoms with Gasteiger partial charge < -0.3 is 4.42 Å². The van der Waals surface area contributed by atoms with Crippen molar-refractivity contribution in [2.24, 2.45) is 5.10 Å². The van der Waals surface area contributed by atoms with Gasteiger partial charge in [0, 0.05) is 6.08 Å². The molecule has 5 rings (SSSR count). The highest BCUT2D eigenvalue weighted by atomic mass is 32.1. The minimum Gasteiger partial charge on any atom is -0.463 e. The van der Waals surface area contributed by atoms with Gasteiger partial charge in [-0.25, -0.2) is 9.37 Å². The molecule has 2 heterocycles. The van der Waals surface area contributed by atoms with E-state index in [0.717, 1.165) is 21.9 Å². The maximum atomic E-state index is 13.7. The number of anilines is 1. The molecule has 0 unspecified atom stereocenters. The molecule has 166 valence electrons. The molecule has 0 spiro atoms. The van der Waals surface area contributed by atoms with Crippen molar-refractivity contribution in [3.05, 3.63) is 112 Å². The van der Waals surface area contributed by atoms with Crippen LogP contribution in [0.1, 0.15) is 11.1 Å². The summed E-state index contributed by atoms with van der Waals surface area (Å²) in [5, 5.41) is 5.99. The van der Waals surface area contributed by atoms with Gasteiger partial charge in [-0.1, -0.05) is 53.8 Å². The summed E-state index contributed by atoms with van der Waals surface area (Å²) >= 11 is 1.12. The molecule has 0 fully saturated rings. The van der Waals surface area contributed by atoms with Crippen LogP contribution >= 0.6 is 11.3 Å². The first-order chi connectivity index (χ1) is 16.6. The molecule has 34 heavy (non-hydrogen) atoms. The molecular formula is C26H16FN3O3S. The highest BCUT2D eigenvalue weighted by Gasteiger charge is 2.18. The van der Waals surface area contributed by atoms with Gasteiger partial charge in [-0.05, 0) is 42.0 Å². The number of amides is 1. The van der Waals surface area contributed by atoms with Crippen molar-refractivity contribution in [1.29, 1.82) is 0 Å². The molecule has 2 aromatic heterocycles. The highest BCUT2D eigenvalue weighted by Crippen LogP contribution is 2.30. The number of carbonyl (C=O) groups is 1. The first-order valence-electron chi connectivity index (χ1n) is 10.3. The molecule has 0 aliphatic heterocycles. The number of thiazole rings is 1. The van der Waals surface area contributed by atoms with Gasteiger partial charge in [0.15, 0.2) is 0 Å². The number of fused-ring (bicyclic) bond motifs is 2. The largest absolute Gasteiger partial charge is 0.463 e. The van der Waals surface area contributed by atoms with Gasteiger partial charge in [0.2, 0.25) is 10.6 Å². The molecule has 0 saturated heterocycles. The second-order valence-corrected chi connectivity index (χ2v) is 8.27. The van der Waals surface area contributed by atoms with E-state index < -0.39 is 11.7 Å². The summed E-state index contributed by atoms with van der Waals surface area (Å²) in [5.41, 5.74) is 1.73. The Morgan fingerprint density at radius 2 is 1.85 bits per heavy atom. The minimum atomic E-state index is -0.482. The fourth-order valence-electron chi connectivity index (χ4n) is 3.28. The number of halogens is 1. The van der Waals surface area contributed by atoms with Crippen LogP contribution in [-0.2, 0) is 4.79 Å². The number of hydrogen-bond acceptors (Lipinski definition) is 6. The Morgan fingerprint density at radius 1 is 1.06 bits per heavy atom.